The first kappa shape index (κ1) is 11.8. The number of hydrogen-bond donors (Lipinski definition) is 2. The maximum absolute atomic E-state index is 5.58. The number of nitrogens with two attached hydrogens (primary N) is 1. The van der Waals surface area contributed by atoms with E-state index in [0.29, 0.717) is 17.7 Å². The Morgan fingerprint density at radius 3 is 2.60 bits per heavy atom. The van der Waals surface area contributed by atoms with Crippen molar-refractivity contribution in [3.05, 3.63) is 29.3 Å². The Hall–Kier alpha value is -1.95. The summed E-state index contributed by atoms with van der Waals surface area (Å²) >= 11 is 0. The molecule has 2 fully saturated rings. The molecule has 0 aromatic carbocycles. The van der Waals surface area contributed by atoms with Crippen LogP contribution in [0.1, 0.15) is 54.6 Å². The fourth-order valence-electron chi connectivity index (χ4n) is 2.46. The molecule has 0 saturated heterocycles. The van der Waals surface area contributed by atoms with Crippen molar-refractivity contribution >= 4 is 5.82 Å². The lowest BCUT2D eigenvalue weighted by atomic mass is 10.3. The zero-order valence-electron chi connectivity index (χ0n) is 11.5. The molecule has 0 spiro atoms. The van der Waals surface area contributed by atoms with Crippen molar-refractivity contribution in [1.82, 2.24) is 19.7 Å². The average molecular weight is 270 g/mol. The molecule has 0 amide bonds. The van der Waals surface area contributed by atoms with E-state index in [-0.39, 0.29) is 0 Å². The highest BCUT2D eigenvalue weighted by atomic mass is 15.3. The van der Waals surface area contributed by atoms with Crippen LogP contribution in [0.25, 0.3) is 5.82 Å². The quantitative estimate of drug-likeness (QED) is 0.656. The van der Waals surface area contributed by atoms with Crippen LogP contribution in [0, 0.1) is 6.92 Å². The van der Waals surface area contributed by atoms with Gasteiger partial charge in [-0.25, -0.2) is 20.5 Å². The Morgan fingerprint density at radius 2 is 1.95 bits per heavy atom. The minimum atomic E-state index is 0.486. The molecule has 2 heterocycles. The predicted octanol–water partition coefficient (Wildman–Crippen LogP) is 2.01. The van der Waals surface area contributed by atoms with E-state index in [0.717, 1.165) is 17.2 Å². The SMILES string of the molecule is Cc1c(NN)nc(C2CC2)nc1-n1ccc(C2CC2)n1. The number of anilines is 1. The van der Waals surface area contributed by atoms with Crippen LogP contribution < -0.4 is 11.3 Å². The Balaban J connectivity index is 1.79. The number of aromatic nitrogens is 4. The number of hydrogen-bond acceptors (Lipinski definition) is 5. The van der Waals surface area contributed by atoms with E-state index in [1.807, 2.05) is 17.8 Å². The van der Waals surface area contributed by atoms with Gasteiger partial charge in [-0.05, 0) is 38.7 Å². The summed E-state index contributed by atoms with van der Waals surface area (Å²) in [5.41, 5.74) is 4.78. The van der Waals surface area contributed by atoms with Gasteiger partial charge in [-0.2, -0.15) is 5.10 Å². The van der Waals surface area contributed by atoms with Gasteiger partial charge in [-0.15, -0.1) is 0 Å². The fraction of sp³-hybridized carbons (Fsp3) is 0.500. The summed E-state index contributed by atoms with van der Waals surface area (Å²) in [6.45, 7) is 1.97. The standard InChI is InChI=1S/C14H18N6/c1-8-12(18-15)16-13(10-4-5-10)17-14(8)20-7-6-11(19-20)9-2-3-9/h6-7,9-10H,2-5,15H2,1H3,(H,16,17,18). The summed E-state index contributed by atoms with van der Waals surface area (Å²) in [4.78, 5) is 9.20. The number of nitrogens with one attached hydrogen (secondary N) is 1. The van der Waals surface area contributed by atoms with Gasteiger partial charge in [0.25, 0.3) is 0 Å². The molecule has 0 unspecified atom stereocenters. The van der Waals surface area contributed by atoms with Crippen molar-refractivity contribution in [3.8, 4) is 5.82 Å². The van der Waals surface area contributed by atoms with E-state index in [9.17, 15) is 0 Å². The van der Waals surface area contributed by atoms with Crippen LogP contribution in [0.3, 0.4) is 0 Å². The summed E-state index contributed by atoms with van der Waals surface area (Å²) in [6.07, 6.45) is 6.82. The molecule has 0 aliphatic heterocycles. The highest BCUT2D eigenvalue weighted by Gasteiger charge is 2.29. The zero-order chi connectivity index (χ0) is 13.7. The van der Waals surface area contributed by atoms with E-state index in [4.69, 9.17) is 10.8 Å². The molecule has 104 valence electrons. The second-order valence-corrected chi connectivity index (χ2v) is 5.76. The first-order valence-electron chi connectivity index (χ1n) is 7.17. The van der Waals surface area contributed by atoms with Crippen molar-refractivity contribution < 1.29 is 0 Å². The predicted molar refractivity (Wildman–Crippen MR) is 75.7 cm³/mol. The smallest absolute Gasteiger partial charge is 0.162 e. The largest absolute Gasteiger partial charge is 0.308 e. The van der Waals surface area contributed by atoms with Gasteiger partial charge in [0.2, 0.25) is 0 Å². The minimum absolute atomic E-state index is 0.486. The molecule has 4 rings (SSSR count). The van der Waals surface area contributed by atoms with Gasteiger partial charge in [0, 0.05) is 23.6 Å². The first-order chi connectivity index (χ1) is 9.76. The molecule has 2 saturated carbocycles. The monoisotopic (exact) mass is 270 g/mol. The normalized spacial score (nSPS) is 18.3. The van der Waals surface area contributed by atoms with Gasteiger partial charge in [0.1, 0.15) is 11.6 Å². The summed E-state index contributed by atoms with van der Waals surface area (Å²) in [6, 6.07) is 2.09. The minimum Gasteiger partial charge on any atom is -0.308 e. The van der Waals surface area contributed by atoms with Crippen molar-refractivity contribution in [3.63, 3.8) is 0 Å². The average Bonchev–Trinajstić information content (AvgIpc) is 3.38. The molecule has 2 aliphatic rings. The Labute approximate surface area is 117 Å². The number of hydrazine groups is 1. The van der Waals surface area contributed by atoms with Crippen molar-refractivity contribution in [2.75, 3.05) is 5.43 Å². The second-order valence-electron chi connectivity index (χ2n) is 5.76. The molecule has 0 radical (unpaired) electrons. The van der Waals surface area contributed by atoms with Crippen LogP contribution in [-0.4, -0.2) is 19.7 Å². The molecular weight excluding hydrogens is 252 g/mol. The van der Waals surface area contributed by atoms with E-state index in [1.165, 1.54) is 31.4 Å². The molecule has 2 aromatic rings. The van der Waals surface area contributed by atoms with Crippen molar-refractivity contribution in [1.29, 1.82) is 0 Å². The second kappa shape index (κ2) is 4.28. The van der Waals surface area contributed by atoms with Crippen LogP contribution in [0.15, 0.2) is 12.3 Å². The highest BCUT2D eigenvalue weighted by molar-refractivity contribution is 5.51. The lowest BCUT2D eigenvalue weighted by Crippen LogP contribution is -2.15. The van der Waals surface area contributed by atoms with E-state index < -0.39 is 0 Å². The molecule has 6 heteroatoms. The highest BCUT2D eigenvalue weighted by Crippen LogP contribution is 2.40. The lowest BCUT2D eigenvalue weighted by Gasteiger charge is -2.11. The van der Waals surface area contributed by atoms with Gasteiger partial charge in [0.05, 0.1) is 5.69 Å². The number of nitrogens with zero attached hydrogens (tertiary/aromatic N) is 4. The lowest BCUT2D eigenvalue weighted by molar-refractivity contribution is 0.780. The van der Waals surface area contributed by atoms with E-state index in [1.54, 1.807) is 0 Å². The van der Waals surface area contributed by atoms with Crippen LogP contribution in [0.4, 0.5) is 5.82 Å². The summed E-state index contributed by atoms with van der Waals surface area (Å²) in [5, 5.41) is 4.66. The molecule has 0 bridgehead atoms. The Kier molecular flexibility index (Phi) is 2.53. The molecule has 3 N–H and O–H groups in total. The third kappa shape index (κ3) is 1.96. The van der Waals surface area contributed by atoms with Crippen LogP contribution in [0.5, 0.6) is 0 Å². The first-order valence-corrected chi connectivity index (χ1v) is 7.17. The molecule has 2 aromatic heterocycles. The van der Waals surface area contributed by atoms with E-state index >= 15 is 0 Å². The zero-order valence-corrected chi connectivity index (χ0v) is 11.5. The Bertz CT molecular complexity index is 654. The summed E-state index contributed by atoms with van der Waals surface area (Å²) in [5.74, 6) is 9.12. The maximum Gasteiger partial charge on any atom is 0.162 e. The molecule has 2 aliphatic carbocycles. The summed E-state index contributed by atoms with van der Waals surface area (Å²) < 4.78 is 1.86. The van der Waals surface area contributed by atoms with Crippen LogP contribution in [-0.2, 0) is 0 Å². The van der Waals surface area contributed by atoms with Crippen LogP contribution >= 0.6 is 0 Å². The van der Waals surface area contributed by atoms with Gasteiger partial charge in [0.15, 0.2) is 5.82 Å². The Morgan fingerprint density at radius 1 is 1.20 bits per heavy atom. The number of nitrogen functional groups attached to an aromatic ring is 1. The van der Waals surface area contributed by atoms with Gasteiger partial charge in [-0.3, -0.25) is 0 Å². The maximum atomic E-state index is 5.58. The third-order valence-corrected chi connectivity index (χ3v) is 4.04. The molecule has 0 atom stereocenters. The molecule has 6 nitrogen and oxygen atoms in total. The van der Waals surface area contributed by atoms with Gasteiger partial charge < -0.3 is 5.43 Å². The topological polar surface area (TPSA) is 81.6 Å². The van der Waals surface area contributed by atoms with Gasteiger partial charge in [-0.1, -0.05) is 0 Å². The third-order valence-electron chi connectivity index (χ3n) is 4.04. The van der Waals surface area contributed by atoms with E-state index in [2.05, 4.69) is 21.6 Å². The molecular formula is C14H18N6. The van der Waals surface area contributed by atoms with Crippen molar-refractivity contribution in [2.24, 2.45) is 5.84 Å². The molecule has 20 heavy (non-hydrogen) atoms. The van der Waals surface area contributed by atoms with Crippen molar-refractivity contribution in [2.45, 2.75) is 44.4 Å². The van der Waals surface area contributed by atoms with Gasteiger partial charge >= 0.3 is 0 Å². The fourth-order valence-corrected chi connectivity index (χ4v) is 2.46. The summed E-state index contributed by atoms with van der Waals surface area (Å²) in [7, 11) is 0. The number of rotatable bonds is 4. The van der Waals surface area contributed by atoms with Crippen LogP contribution in [0.2, 0.25) is 0 Å².